The van der Waals surface area contributed by atoms with Gasteiger partial charge in [0.05, 0.1) is 29.8 Å². The number of furan rings is 1. The van der Waals surface area contributed by atoms with Gasteiger partial charge in [-0.25, -0.2) is 0 Å². The summed E-state index contributed by atoms with van der Waals surface area (Å²) in [5.74, 6) is 0.0557. The fourth-order valence-electron chi connectivity index (χ4n) is 3.18. The molecule has 0 aliphatic carbocycles. The molecule has 2 aromatic rings. The average Bonchev–Trinajstić information content (AvgIpc) is 3.34. The van der Waals surface area contributed by atoms with Crippen LogP contribution in [0.5, 0.6) is 0 Å². The summed E-state index contributed by atoms with van der Waals surface area (Å²) in [5, 5.41) is 8.75. The van der Waals surface area contributed by atoms with Gasteiger partial charge in [-0.2, -0.15) is 5.26 Å². The van der Waals surface area contributed by atoms with Crippen molar-refractivity contribution in [2.45, 2.75) is 0 Å². The number of imide groups is 1. The molecule has 3 amide bonds. The first-order valence-electron chi connectivity index (χ1n) is 9.27. The van der Waals surface area contributed by atoms with E-state index in [1.165, 1.54) is 6.08 Å². The SMILES string of the molecule is N#Cc1ccccc1-c1ccc(C=C2SC(=O)N(CC(=O)N3CCOCC3)C2=O)o1. The summed E-state index contributed by atoms with van der Waals surface area (Å²) < 4.78 is 11.0. The smallest absolute Gasteiger partial charge is 0.294 e. The van der Waals surface area contributed by atoms with Gasteiger partial charge in [0.15, 0.2) is 0 Å². The van der Waals surface area contributed by atoms with Crippen LogP contribution in [0.1, 0.15) is 11.3 Å². The highest BCUT2D eigenvalue weighted by molar-refractivity contribution is 8.18. The zero-order valence-corrected chi connectivity index (χ0v) is 16.7. The molecule has 2 aliphatic heterocycles. The average molecular weight is 423 g/mol. The Balaban J connectivity index is 1.49. The van der Waals surface area contributed by atoms with E-state index in [0.717, 1.165) is 16.7 Å². The number of carbonyl (C=O) groups is 3. The van der Waals surface area contributed by atoms with E-state index in [0.29, 0.717) is 49.0 Å². The molecule has 2 aliphatic rings. The van der Waals surface area contributed by atoms with Gasteiger partial charge >= 0.3 is 0 Å². The molecule has 1 aromatic heterocycles. The number of rotatable bonds is 4. The molecule has 2 fully saturated rings. The Morgan fingerprint density at radius 1 is 1.17 bits per heavy atom. The van der Waals surface area contributed by atoms with Crippen molar-refractivity contribution in [3.05, 3.63) is 52.6 Å². The minimum absolute atomic E-state index is 0.184. The predicted molar refractivity (Wildman–Crippen MR) is 109 cm³/mol. The van der Waals surface area contributed by atoms with Crippen molar-refractivity contribution < 1.29 is 23.5 Å². The molecule has 0 unspecified atom stereocenters. The van der Waals surface area contributed by atoms with E-state index in [2.05, 4.69) is 6.07 Å². The van der Waals surface area contributed by atoms with Crippen molar-refractivity contribution in [1.82, 2.24) is 9.80 Å². The third-order valence-electron chi connectivity index (χ3n) is 4.74. The molecular weight excluding hydrogens is 406 g/mol. The molecule has 0 spiro atoms. The number of hydrogen-bond donors (Lipinski definition) is 0. The Bertz CT molecular complexity index is 1080. The molecule has 1 aromatic carbocycles. The number of ether oxygens (including phenoxy) is 1. The second-order valence-electron chi connectivity index (χ2n) is 6.62. The first-order valence-corrected chi connectivity index (χ1v) is 10.1. The lowest BCUT2D eigenvalue weighted by atomic mass is 10.1. The number of carbonyl (C=O) groups excluding carboxylic acids is 3. The van der Waals surface area contributed by atoms with Gasteiger partial charge in [-0.05, 0) is 36.0 Å². The Morgan fingerprint density at radius 3 is 2.70 bits per heavy atom. The van der Waals surface area contributed by atoms with Gasteiger partial charge in [0.25, 0.3) is 11.1 Å². The van der Waals surface area contributed by atoms with Gasteiger partial charge in [-0.15, -0.1) is 0 Å². The molecule has 0 atom stereocenters. The highest BCUT2D eigenvalue weighted by atomic mass is 32.2. The minimum Gasteiger partial charge on any atom is -0.457 e. The molecule has 3 heterocycles. The first kappa shape index (κ1) is 19.9. The lowest BCUT2D eigenvalue weighted by molar-refractivity contribution is -0.139. The lowest BCUT2D eigenvalue weighted by Gasteiger charge is -2.27. The summed E-state index contributed by atoms with van der Waals surface area (Å²) >= 11 is 0.769. The molecule has 0 radical (unpaired) electrons. The van der Waals surface area contributed by atoms with Gasteiger partial charge in [-0.1, -0.05) is 12.1 Å². The number of amides is 3. The summed E-state index contributed by atoms with van der Waals surface area (Å²) in [7, 11) is 0. The third-order valence-corrected chi connectivity index (χ3v) is 5.65. The van der Waals surface area contributed by atoms with Crippen molar-refractivity contribution in [3.63, 3.8) is 0 Å². The molecule has 0 saturated carbocycles. The number of morpholine rings is 1. The zero-order chi connectivity index (χ0) is 21.1. The van der Waals surface area contributed by atoms with Crippen LogP contribution in [0.4, 0.5) is 4.79 Å². The maximum Gasteiger partial charge on any atom is 0.294 e. The van der Waals surface area contributed by atoms with Crippen LogP contribution in [0, 0.1) is 11.3 Å². The molecular formula is C21H17N3O5S. The third kappa shape index (κ3) is 4.01. The van der Waals surface area contributed by atoms with Crippen LogP contribution in [-0.4, -0.2) is 59.7 Å². The van der Waals surface area contributed by atoms with Crippen LogP contribution in [0.15, 0.2) is 45.7 Å². The van der Waals surface area contributed by atoms with Crippen molar-refractivity contribution in [2.75, 3.05) is 32.8 Å². The summed E-state index contributed by atoms with van der Waals surface area (Å²) in [6.45, 7) is 1.50. The summed E-state index contributed by atoms with van der Waals surface area (Å²) in [4.78, 5) is 40.0. The zero-order valence-electron chi connectivity index (χ0n) is 15.9. The summed E-state index contributed by atoms with van der Waals surface area (Å²) in [6, 6.07) is 12.5. The molecule has 4 rings (SSSR count). The highest BCUT2D eigenvalue weighted by Gasteiger charge is 2.37. The van der Waals surface area contributed by atoms with Crippen LogP contribution in [0.2, 0.25) is 0 Å². The van der Waals surface area contributed by atoms with E-state index in [1.54, 1.807) is 41.3 Å². The molecule has 152 valence electrons. The minimum atomic E-state index is -0.526. The van der Waals surface area contributed by atoms with E-state index >= 15 is 0 Å². The quantitative estimate of drug-likeness (QED) is 0.697. The summed E-state index contributed by atoms with van der Waals surface area (Å²) in [6.07, 6.45) is 1.47. The maximum atomic E-state index is 12.7. The van der Waals surface area contributed by atoms with Crippen molar-refractivity contribution in [3.8, 4) is 17.4 Å². The van der Waals surface area contributed by atoms with Crippen LogP contribution < -0.4 is 0 Å². The van der Waals surface area contributed by atoms with Gasteiger partial charge in [0, 0.05) is 24.7 Å². The van der Waals surface area contributed by atoms with E-state index in [4.69, 9.17) is 9.15 Å². The second-order valence-corrected chi connectivity index (χ2v) is 7.61. The largest absolute Gasteiger partial charge is 0.457 e. The fraction of sp³-hybridized carbons (Fsp3) is 0.238. The number of benzene rings is 1. The van der Waals surface area contributed by atoms with Crippen LogP contribution >= 0.6 is 11.8 Å². The first-order chi connectivity index (χ1) is 14.6. The van der Waals surface area contributed by atoms with Crippen molar-refractivity contribution >= 4 is 34.9 Å². The Kier molecular flexibility index (Phi) is 5.70. The second kappa shape index (κ2) is 8.57. The van der Waals surface area contributed by atoms with E-state index in [1.807, 2.05) is 0 Å². The standard InChI is InChI=1S/C21H17N3O5S/c22-12-14-3-1-2-4-16(14)17-6-5-15(29-17)11-18-20(26)24(21(27)30-18)13-19(25)23-7-9-28-10-8-23/h1-6,11H,7-10,13H2. The monoisotopic (exact) mass is 423 g/mol. The Hall–Kier alpha value is -3.35. The number of thioether (sulfide) groups is 1. The Labute approximate surface area is 176 Å². The molecule has 0 bridgehead atoms. The normalized spacial score (nSPS) is 18.2. The van der Waals surface area contributed by atoms with Gasteiger partial charge < -0.3 is 14.1 Å². The number of hydrogen-bond acceptors (Lipinski definition) is 7. The van der Waals surface area contributed by atoms with Crippen LogP contribution in [0.3, 0.4) is 0 Å². The molecule has 30 heavy (non-hydrogen) atoms. The van der Waals surface area contributed by atoms with E-state index < -0.39 is 11.1 Å². The van der Waals surface area contributed by atoms with Gasteiger partial charge in [0.1, 0.15) is 18.1 Å². The van der Waals surface area contributed by atoms with E-state index in [-0.39, 0.29) is 17.4 Å². The van der Waals surface area contributed by atoms with E-state index in [9.17, 15) is 19.6 Å². The van der Waals surface area contributed by atoms with Crippen LogP contribution in [-0.2, 0) is 14.3 Å². The maximum absolute atomic E-state index is 12.7. The molecule has 9 heteroatoms. The van der Waals surface area contributed by atoms with Gasteiger partial charge in [0.2, 0.25) is 5.91 Å². The summed E-state index contributed by atoms with van der Waals surface area (Å²) in [5.41, 5.74) is 1.12. The number of nitrogens with zero attached hydrogens (tertiary/aromatic N) is 3. The van der Waals surface area contributed by atoms with Gasteiger partial charge in [-0.3, -0.25) is 19.3 Å². The topological polar surface area (TPSA) is 104 Å². The fourth-order valence-corrected chi connectivity index (χ4v) is 4.00. The Morgan fingerprint density at radius 2 is 1.93 bits per heavy atom. The highest BCUT2D eigenvalue weighted by Crippen LogP contribution is 2.33. The van der Waals surface area contributed by atoms with Crippen molar-refractivity contribution in [2.24, 2.45) is 0 Å². The van der Waals surface area contributed by atoms with Crippen molar-refractivity contribution in [1.29, 1.82) is 5.26 Å². The molecule has 8 nitrogen and oxygen atoms in total. The molecule has 0 N–H and O–H groups in total. The molecule has 2 saturated heterocycles. The predicted octanol–water partition coefficient (Wildman–Crippen LogP) is 2.71. The lowest BCUT2D eigenvalue weighted by Crippen LogP contribution is -2.46. The number of nitriles is 1. The van der Waals surface area contributed by atoms with Crippen LogP contribution in [0.25, 0.3) is 17.4 Å².